The summed E-state index contributed by atoms with van der Waals surface area (Å²) in [6.07, 6.45) is 0. The number of carbonyl (C=O) groups is 1. The van der Waals surface area contributed by atoms with Gasteiger partial charge in [-0.3, -0.25) is 9.69 Å². The van der Waals surface area contributed by atoms with E-state index in [0.717, 1.165) is 5.75 Å². The van der Waals surface area contributed by atoms with Gasteiger partial charge in [0, 0.05) is 23.3 Å². The molecule has 0 spiro atoms. The normalized spacial score (nSPS) is 23.3. The van der Waals surface area contributed by atoms with Gasteiger partial charge in [-0.1, -0.05) is 11.6 Å². The zero-order valence-electron chi connectivity index (χ0n) is 16.5. The monoisotopic (exact) mass is 450 g/mol. The fraction of sp³-hybridized carbons (Fsp3) is 0.381. The fourth-order valence-corrected chi connectivity index (χ4v) is 6.20. The first-order chi connectivity index (χ1) is 14.4. The van der Waals surface area contributed by atoms with E-state index >= 15 is 0 Å². The number of ether oxygens (including phenoxy) is 2. The SMILES string of the molecule is COc1ccc(OCCN2CC(=O)N(c3ccc(Cl)cc3)[C@@H]3CS(=O)(=O)C[C@H]32)cc1. The van der Waals surface area contributed by atoms with Crippen LogP contribution in [-0.2, 0) is 14.6 Å². The van der Waals surface area contributed by atoms with Crippen molar-refractivity contribution in [2.24, 2.45) is 0 Å². The van der Waals surface area contributed by atoms with E-state index in [9.17, 15) is 13.2 Å². The van der Waals surface area contributed by atoms with Gasteiger partial charge in [-0.2, -0.15) is 0 Å². The van der Waals surface area contributed by atoms with E-state index in [1.54, 1.807) is 36.3 Å². The molecular formula is C21H23ClN2O5S. The molecule has 0 saturated carbocycles. The van der Waals surface area contributed by atoms with Crippen LogP contribution in [0.5, 0.6) is 11.5 Å². The highest BCUT2D eigenvalue weighted by atomic mass is 35.5. The van der Waals surface area contributed by atoms with E-state index in [4.69, 9.17) is 21.1 Å². The Balaban J connectivity index is 1.47. The molecule has 2 saturated heterocycles. The molecule has 9 heteroatoms. The lowest BCUT2D eigenvalue weighted by molar-refractivity contribution is -0.123. The lowest BCUT2D eigenvalue weighted by atomic mass is 10.0. The summed E-state index contributed by atoms with van der Waals surface area (Å²) in [6.45, 7) is 0.956. The third-order valence-corrected chi connectivity index (χ3v) is 7.46. The summed E-state index contributed by atoms with van der Waals surface area (Å²) in [5, 5.41) is 0.566. The molecule has 2 heterocycles. The van der Waals surface area contributed by atoms with Crippen LogP contribution >= 0.6 is 11.6 Å². The molecule has 1 amide bonds. The van der Waals surface area contributed by atoms with Crippen molar-refractivity contribution in [2.75, 3.05) is 43.2 Å². The van der Waals surface area contributed by atoms with Crippen LogP contribution in [0.15, 0.2) is 48.5 Å². The van der Waals surface area contributed by atoms with Gasteiger partial charge in [-0.05, 0) is 48.5 Å². The minimum atomic E-state index is -3.24. The first-order valence-electron chi connectivity index (χ1n) is 9.65. The number of halogens is 1. The Morgan fingerprint density at radius 3 is 2.30 bits per heavy atom. The number of benzene rings is 2. The molecule has 0 bridgehead atoms. The summed E-state index contributed by atoms with van der Waals surface area (Å²) < 4.78 is 35.7. The number of hydrogen-bond acceptors (Lipinski definition) is 6. The summed E-state index contributed by atoms with van der Waals surface area (Å²) in [5.41, 5.74) is 0.672. The zero-order valence-corrected chi connectivity index (χ0v) is 18.1. The number of nitrogens with zero attached hydrogens (tertiary/aromatic N) is 2. The smallest absolute Gasteiger partial charge is 0.241 e. The Labute approximate surface area is 181 Å². The molecular weight excluding hydrogens is 428 g/mol. The van der Waals surface area contributed by atoms with Gasteiger partial charge in [0.15, 0.2) is 9.84 Å². The lowest BCUT2D eigenvalue weighted by Crippen LogP contribution is -2.62. The number of amides is 1. The van der Waals surface area contributed by atoms with Gasteiger partial charge in [0.1, 0.15) is 18.1 Å². The van der Waals surface area contributed by atoms with Gasteiger partial charge in [0.25, 0.3) is 0 Å². The van der Waals surface area contributed by atoms with Gasteiger partial charge in [-0.25, -0.2) is 8.42 Å². The van der Waals surface area contributed by atoms with Gasteiger partial charge in [0.05, 0.1) is 31.2 Å². The van der Waals surface area contributed by atoms with Gasteiger partial charge >= 0.3 is 0 Å². The number of anilines is 1. The molecule has 2 aromatic carbocycles. The fourth-order valence-electron chi connectivity index (χ4n) is 4.09. The topological polar surface area (TPSA) is 76.2 Å². The van der Waals surface area contributed by atoms with Crippen LogP contribution in [0.25, 0.3) is 0 Å². The highest BCUT2D eigenvalue weighted by Gasteiger charge is 2.49. The molecule has 0 radical (unpaired) electrons. The van der Waals surface area contributed by atoms with Gasteiger partial charge in [0.2, 0.25) is 5.91 Å². The Hall–Kier alpha value is -2.29. The molecule has 7 nitrogen and oxygen atoms in total. The lowest BCUT2D eigenvalue weighted by Gasteiger charge is -2.43. The average Bonchev–Trinajstić information content (AvgIpc) is 3.04. The third kappa shape index (κ3) is 4.40. The molecule has 2 fully saturated rings. The number of rotatable bonds is 6. The predicted molar refractivity (Wildman–Crippen MR) is 115 cm³/mol. The highest BCUT2D eigenvalue weighted by molar-refractivity contribution is 7.91. The van der Waals surface area contributed by atoms with Crippen molar-refractivity contribution in [2.45, 2.75) is 12.1 Å². The maximum Gasteiger partial charge on any atom is 0.241 e. The highest BCUT2D eigenvalue weighted by Crippen LogP contribution is 2.32. The van der Waals surface area contributed by atoms with E-state index in [1.165, 1.54) is 0 Å². The maximum atomic E-state index is 12.9. The average molecular weight is 451 g/mol. The van der Waals surface area contributed by atoms with Crippen LogP contribution in [0.1, 0.15) is 0 Å². The van der Waals surface area contributed by atoms with Crippen LogP contribution < -0.4 is 14.4 Å². The Morgan fingerprint density at radius 1 is 1.00 bits per heavy atom. The number of fused-ring (bicyclic) bond motifs is 1. The molecule has 2 aromatic rings. The van der Waals surface area contributed by atoms with E-state index in [2.05, 4.69) is 0 Å². The summed E-state index contributed by atoms with van der Waals surface area (Å²) in [5.74, 6) is 1.31. The van der Waals surface area contributed by atoms with Crippen LogP contribution in [0.2, 0.25) is 5.02 Å². The van der Waals surface area contributed by atoms with Crippen LogP contribution in [-0.4, -0.2) is 69.6 Å². The van der Waals surface area contributed by atoms with Crippen molar-refractivity contribution < 1.29 is 22.7 Å². The molecule has 0 aromatic heterocycles. The van der Waals surface area contributed by atoms with Crippen molar-refractivity contribution in [1.82, 2.24) is 4.90 Å². The third-order valence-electron chi connectivity index (χ3n) is 5.51. The molecule has 0 aliphatic carbocycles. The predicted octanol–water partition coefficient (Wildman–Crippen LogP) is 2.24. The van der Waals surface area contributed by atoms with E-state index in [0.29, 0.717) is 29.6 Å². The minimum Gasteiger partial charge on any atom is -0.497 e. The first-order valence-corrected chi connectivity index (χ1v) is 11.9. The number of sulfone groups is 1. The number of carbonyl (C=O) groups excluding carboxylic acids is 1. The Kier molecular flexibility index (Phi) is 5.90. The largest absolute Gasteiger partial charge is 0.497 e. The molecule has 30 heavy (non-hydrogen) atoms. The Morgan fingerprint density at radius 2 is 1.63 bits per heavy atom. The molecule has 2 atom stereocenters. The number of methoxy groups -OCH3 is 1. The second-order valence-corrected chi connectivity index (χ2v) is 10.0. The Bertz CT molecular complexity index is 1010. The van der Waals surface area contributed by atoms with Crippen molar-refractivity contribution >= 4 is 33.0 Å². The molecule has 0 N–H and O–H groups in total. The first kappa shape index (κ1) is 21.0. The van der Waals surface area contributed by atoms with E-state index < -0.39 is 15.9 Å². The van der Waals surface area contributed by atoms with Crippen molar-refractivity contribution in [3.05, 3.63) is 53.6 Å². The number of piperazine rings is 1. The van der Waals surface area contributed by atoms with Gasteiger partial charge < -0.3 is 14.4 Å². The summed E-state index contributed by atoms with van der Waals surface area (Å²) in [6, 6.07) is 13.5. The van der Waals surface area contributed by atoms with Crippen molar-refractivity contribution in [3.63, 3.8) is 0 Å². The second kappa shape index (κ2) is 8.45. The van der Waals surface area contributed by atoms with Crippen molar-refractivity contribution in [1.29, 1.82) is 0 Å². The number of hydrogen-bond donors (Lipinski definition) is 0. The molecule has 0 unspecified atom stereocenters. The molecule has 2 aliphatic heterocycles. The van der Waals surface area contributed by atoms with Crippen LogP contribution in [0.3, 0.4) is 0 Å². The van der Waals surface area contributed by atoms with Crippen LogP contribution in [0, 0.1) is 0 Å². The van der Waals surface area contributed by atoms with Gasteiger partial charge in [-0.15, -0.1) is 0 Å². The minimum absolute atomic E-state index is 0.0393. The zero-order chi connectivity index (χ0) is 21.3. The maximum absolute atomic E-state index is 12.9. The molecule has 4 rings (SSSR count). The molecule has 160 valence electrons. The van der Waals surface area contributed by atoms with E-state index in [1.807, 2.05) is 29.2 Å². The standard InChI is InChI=1S/C21H23ClN2O5S/c1-28-17-6-8-18(9-7-17)29-11-10-23-12-21(25)24(16-4-2-15(22)3-5-16)20-14-30(26,27)13-19(20)23/h2-9,19-20H,10-14H2,1H3/t19-,20-/m1/s1. The van der Waals surface area contributed by atoms with Crippen LogP contribution in [0.4, 0.5) is 5.69 Å². The summed E-state index contributed by atoms with van der Waals surface area (Å²) in [7, 11) is -1.64. The summed E-state index contributed by atoms with van der Waals surface area (Å²) in [4.78, 5) is 16.5. The molecule has 2 aliphatic rings. The quantitative estimate of drug-likeness (QED) is 0.671. The van der Waals surface area contributed by atoms with E-state index in [-0.39, 0.29) is 30.0 Å². The summed E-state index contributed by atoms with van der Waals surface area (Å²) >= 11 is 5.96. The van der Waals surface area contributed by atoms with Crippen molar-refractivity contribution in [3.8, 4) is 11.5 Å². The second-order valence-electron chi connectivity index (χ2n) is 7.45.